The van der Waals surface area contributed by atoms with Crippen molar-refractivity contribution >= 4 is 17.8 Å². The van der Waals surface area contributed by atoms with Crippen molar-refractivity contribution in [2.45, 2.75) is 110 Å². The van der Waals surface area contributed by atoms with Crippen LogP contribution in [0.4, 0.5) is 17.8 Å². The van der Waals surface area contributed by atoms with E-state index >= 15 is 0 Å². The zero-order valence-corrected chi connectivity index (χ0v) is 23.7. The first kappa shape index (κ1) is 29.9. The largest absolute Gasteiger partial charge is 0.378 e. The molecular weight excluding hydrogens is 464 g/mol. The van der Waals surface area contributed by atoms with Gasteiger partial charge in [-0.25, -0.2) is 0 Å². The molecule has 1 aromatic heterocycles. The minimum Gasteiger partial charge on any atom is -0.378 e. The van der Waals surface area contributed by atoms with E-state index < -0.39 is 0 Å². The fourth-order valence-electron chi connectivity index (χ4n) is 5.12. The molecule has 212 valence electrons. The van der Waals surface area contributed by atoms with Gasteiger partial charge in [0.2, 0.25) is 17.8 Å². The minimum absolute atomic E-state index is 0.693. The van der Waals surface area contributed by atoms with E-state index in [4.69, 9.17) is 24.4 Å². The molecule has 0 aromatic carbocycles. The molecule has 3 heterocycles. The van der Waals surface area contributed by atoms with E-state index in [-0.39, 0.29) is 0 Å². The van der Waals surface area contributed by atoms with Crippen molar-refractivity contribution in [2.75, 3.05) is 74.3 Å². The fraction of sp³-hybridized carbons (Fsp3) is 0.897. The van der Waals surface area contributed by atoms with Crippen molar-refractivity contribution in [3.63, 3.8) is 0 Å². The quantitative estimate of drug-likeness (QED) is 0.204. The maximum atomic E-state index is 5.51. The van der Waals surface area contributed by atoms with Gasteiger partial charge in [-0.1, -0.05) is 103 Å². The summed E-state index contributed by atoms with van der Waals surface area (Å²) in [5, 5.41) is 3.48. The smallest absolute Gasteiger partial charge is 0.232 e. The summed E-state index contributed by atoms with van der Waals surface area (Å²) in [6, 6.07) is 0. The first-order chi connectivity index (χ1) is 18.4. The first-order valence-electron chi connectivity index (χ1n) is 15.5. The van der Waals surface area contributed by atoms with Gasteiger partial charge in [0.1, 0.15) is 0 Å². The molecule has 1 N–H and O–H groups in total. The molecular formula is C29H54N6O2. The lowest BCUT2D eigenvalue weighted by molar-refractivity contribution is 0.121. The number of morpholine rings is 2. The minimum atomic E-state index is 0.693. The molecule has 8 heteroatoms. The molecule has 0 unspecified atom stereocenters. The van der Waals surface area contributed by atoms with E-state index in [9.17, 15) is 0 Å². The molecule has 1 aromatic rings. The van der Waals surface area contributed by atoms with Gasteiger partial charge >= 0.3 is 0 Å². The van der Waals surface area contributed by atoms with E-state index in [1.165, 1.54) is 96.3 Å². The summed E-state index contributed by atoms with van der Waals surface area (Å²) in [6.45, 7) is 9.39. The highest BCUT2D eigenvalue weighted by Crippen LogP contribution is 2.19. The van der Waals surface area contributed by atoms with Crippen LogP contribution in [-0.4, -0.2) is 74.1 Å². The van der Waals surface area contributed by atoms with Crippen LogP contribution in [0.5, 0.6) is 0 Å². The molecule has 0 saturated carbocycles. The van der Waals surface area contributed by atoms with Crippen LogP contribution in [0.3, 0.4) is 0 Å². The molecule has 37 heavy (non-hydrogen) atoms. The van der Waals surface area contributed by atoms with Gasteiger partial charge in [0.15, 0.2) is 0 Å². The highest BCUT2D eigenvalue weighted by Gasteiger charge is 2.20. The zero-order valence-electron chi connectivity index (χ0n) is 23.7. The van der Waals surface area contributed by atoms with Crippen molar-refractivity contribution in [1.82, 2.24) is 15.0 Å². The van der Waals surface area contributed by atoms with Crippen molar-refractivity contribution in [3.05, 3.63) is 0 Å². The van der Waals surface area contributed by atoms with Crippen LogP contribution in [0.2, 0.25) is 0 Å². The molecule has 0 spiro atoms. The number of hydrogen-bond donors (Lipinski definition) is 1. The Morgan fingerprint density at radius 2 is 0.919 bits per heavy atom. The molecule has 2 aliphatic heterocycles. The molecule has 0 aliphatic carbocycles. The Labute approximate surface area is 226 Å². The standard InChI is InChI=1S/C29H54N6O2/c1-2-3-4-5-6-7-8-9-10-11-12-13-14-15-16-17-18-30-27-31-28(34-19-23-36-24-20-34)33-29(32-27)35-21-25-37-26-22-35/h2-26H2,1H3,(H,30,31,32,33). The molecule has 2 saturated heterocycles. The van der Waals surface area contributed by atoms with Crippen LogP contribution in [0.25, 0.3) is 0 Å². The third-order valence-electron chi connectivity index (χ3n) is 7.51. The van der Waals surface area contributed by atoms with Crippen LogP contribution in [0, 0.1) is 0 Å². The highest BCUT2D eigenvalue weighted by atomic mass is 16.5. The van der Waals surface area contributed by atoms with Gasteiger partial charge < -0.3 is 24.6 Å². The third kappa shape index (κ3) is 12.6. The summed E-state index contributed by atoms with van der Waals surface area (Å²) in [5.74, 6) is 2.21. The van der Waals surface area contributed by atoms with Crippen molar-refractivity contribution in [3.8, 4) is 0 Å². The zero-order chi connectivity index (χ0) is 25.8. The number of ether oxygens (including phenoxy) is 2. The Morgan fingerprint density at radius 3 is 1.32 bits per heavy atom. The molecule has 3 rings (SSSR count). The van der Waals surface area contributed by atoms with Gasteiger partial charge in [0.25, 0.3) is 0 Å². The van der Waals surface area contributed by atoms with E-state index in [1.54, 1.807) is 0 Å². The number of hydrogen-bond acceptors (Lipinski definition) is 8. The Kier molecular flexibility index (Phi) is 15.7. The molecule has 0 bridgehead atoms. The number of rotatable bonds is 20. The average molecular weight is 519 g/mol. The van der Waals surface area contributed by atoms with E-state index in [0.29, 0.717) is 5.95 Å². The second kappa shape index (κ2) is 19.4. The van der Waals surface area contributed by atoms with E-state index in [2.05, 4.69) is 22.0 Å². The van der Waals surface area contributed by atoms with Crippen LogP contribution in [0.15, 0.2) is 0 Å². The third-order valence-corrected chi connectivity index (χ3v) is 7.51. The second-order valence-corrected chi connectivity index (χ2v) is 10.7. The van der Waals surface area contributed by atoms with Gasteiger partial charge in [0, 0.05) is 32.7 Å². The number of aromatic nitrogens is 3. The molecule has 2 aliphatic rings. The second-order valence-electron chi connectivity index (χ2n) is 10.7. The molecule has 0 amide bonds. The summed E-state index contributed by atoms with van der Waals surface area (Å²) in [4.78, 5) is 18.7. The van der Waals surface area contributed by atoms with Gasteiger partial charge in [-0.2, -0.15) is 15.0 Å². The maximum absolute atomic E-state index is 5.51. The monoisotopic (exact) mass is 518 g/mol. The number of nitrogens with one attached hydrogen (secondary N) is 1. The number of anilines is 3. The SMILES string of the molecule is CCCCCCCCCCCCCCCCCCNc1nc(N2CCOCC2)nc(N2CCOCC2)n1. The predicted molar refractivity (Wildman–Crippen MR) is 154 cm³/mol. The predicted octanol–water partition coefficient (Wildman–Crippen LogP) is 6.22. The summed E-state index contributed by atoms with van der Waals surface area (Å²) in [5.41, 5.74) is 0. The van der Waals surface area contributed by atoms with Crippen molar-refractivity contribution < 1.29 is 9.47 Å². The van der Waals surface area contributed by atoms with Gasteiger partial charge in [-0.3, -0.25) is 0 Å². The Morgan fingerprint density at radius 1 is 0.541 bits per heavy atom. The summed E-state index contributed by atoms with van der Waals surface area (Å²) in [7, 11) is 0. The molecule has 2 fully saturated rings. The summed E-state index contributed by atoms with van der Waals surface area (Å²) >= 11 is 0. The Bertz CT molecular complexity index is 659. The maximum Gasteiger partial charge on any atom is 0.232 e. The van der Waals surface area contributed by atoms with Crippen molar-refractivity contribution in [2.24, 2.45) is 0 Å². The topological polar surface area (TPSA) is 75.6 Å². The van der Waals surface area contributed by atoms with E-state index in [1.807, 2.05) is 0 Å². The average Bonchev–Trinajstić information content (AvgIpc) is 2.95. The van der Waals surface area contributed by atoms with Crippen LogP contribution in [-0.2, 0) is 9.47 Å². The molecule has 0 radical (unpaired) electrons. The van der Waals surface area contributed by atoms with Crippen LogP contribution >= 0.6 is 0 Å². The Balaban J connectivity index is 1.24. The molecule has 8 nitrogen and oxygen atoms in total. The fourth-order valence-corrected chi connectivity index (χ4v) is 5.12. The first-order valence-corrected chi connectivity index (χ1v) is 15.5. The normalized spacial score (nSPS) is 16.4. The summed E-state index contributed by atoms with van der Waals surface area (Å²) < 4.78 is 11.0. The van der Waals surface area contributed by atoms with Gasteiger partial charge in [-0.15, -0.1) is 0 Å². The van der Waals surface area contributed by atoms with Crippen LogP contribution in [0.1, 0.15) is 110 Å². The van der Waals surface area contributed by atoms with Crippen molar-refractivity contribution in [1.29, 1.82) is 0 Å². The Hall–Kier alpha value is -1.67. The number of nitrogens with zero attached hydrogens (tertiary/aromatic N) is 5. The lowest BCUT2D eigenvalue weighted by Gasteiger charge is -2.30. The lowest BCUT2D eigenvalue weighted by atomic mass is 10.0. The highest BCUT2D eigenvalue weighted by molar-refractivity contribution is 5.45. The summed E-state index contributed by atoms with van der Waals surface area (Å²) in [6.07, 6.45) is 22.2. The molecule has 0 atom stereocenters. The van der Waals surface area contributed by atoms with Gasteiger partial charge in [-0.05, 0) is 6.42 Å². The van der Waals surface area contributed by atoms with Crippen LogP contribution < -0.4 is 15.1 Å². The number of unbranched alkanes of at least 4 members (excludes halogenated alkanes) is 15. The van der Waals surface area contributed by atoms with E-state index in [0.717, 1.165) is 77.5 Å². The lowest BCUT2D eigenvalue weighted by Crippen LogP contribution is -2.40. The van der Waals surface area contributed by atoms with Gasteiger partial charge in [0.05, 0.1) is 26.4 Å².